The number of rotatable bonds is 3. The Balaban J connectivity index is 1.43. The van der Waals surface area contributed by atoms with E-state index in [0.29, 0.717) is 23.5 Å². The maximum atomic E-state index is 4.46. The molecule has 3 aromatic heterocycles. The predicted octanol–water partition coefficient (Wildman–Crippen LogP) is 3.75. The Bertz CT molecular complexity index is 1030. The fraction of sp³-hybridized carbons (Fsp3) is 0.150. The van der Waals surface area contributed by atoms with Gasteiger partial charge >= 0.3 is 0 Å². The molecule has 1 saturated carbocycles. The number of hydrogen-bond donors (Lipinski definition) is 0. The van der Waals surface area contributed by atoms with E-state index in [4.69, 9.17) is 0 Å². The summed E-state index contributed by atoms with van der Waals surface area (Å²) in [6.07, 6.45) is 10.2. The van der Waals surface area contributed by atoms with Crippen LogP contribution in [0, 0.1) is 0 Å². The molecule has 1 aliphatic carbocycles. The lowest BCUT2D eigenvalue weighted by molar-refractivity contribution is 0.981. The van der Waals surface area contributed by atoms with Gasteiger partial charge in [0.15, 0.2) is 11.6 Å². The minimum absolute atomic E-state index is 0.469. The number of hydrogen-bond acceptors (Lipinski definition) is 5. The molecule has 25 heavy (non-hydrogen) atoms. The van der Waals surface area contributed by atoms with Crippen molar-refractivity contribution in [3.05, 3.63) is 78.5 Å². The topological polar surface area (TPSA) is 64.5 Å². The monoisotopic (exact) mass is 325 g/mol. The summed E-state index contributed by atoms with van der Waals surface area (Å²) in [6.45, 7) is 0. The predicted molar refractivity (Wildman–Crippen MR) is 94.9 cm³/mol. The molecular weight excluding hydrogens is 310 g/mol. The third-order valence-electron chi connectivity index (χ3n) is 4.74. The smallest absolute Gasteiger partial charge is 0.197 e. The van der Waals surface area contributed by atoms with E-state index in [1.807, 2.05) is 24.7 Å². The Hall–Kier alpha value is -3.21. The molecule has 0 saturated heterocycles. The minimum Gasteiger partial charge on any atom is -0.256 e. The lowest BCUT2D eigenvalue weighted by Gasteiger charge is -2.06. The highest BCUT2D eigenvalue weighted by Gasteiger charge is 2.40. The summed E-state index contributed by atoms with van der Waals surface area (Å²) in [6, 6.07) is 12.3. The molecule has 1 fully saturated rings. The summed E-state index contributed by atoms with van der Waals surface area (Å²) >= 11 is 0. The normalized spacial score (nSPS) is 19.0. The van der Waals surface area contributed by atoms with E-state index in [0.717, 1.165) is 11.9 Å². The summed E-state index contributed by atoms with van der Waals surface area (Å²) in [5.41, 5.74) is 3.59. The summed E-state index contributed by atoms with van der Waals surface area (Å²) < 4.78 is 0. The van der Waals surface area contributed by atoms with Gasteiger partial charge < -0.3 is 0 Å². The molecule has 5 nitrogen and oxygen atoms in total. The first-order chi connectivity index (χ1) is 12.4. The van der Waals surface area contributed by atoms with Crippen molar-refractivity contribution >= 4 is 10.9 Å². The van der Waals surface area contributed by atoms with E-state index in [-0.39, 0.29) is 0 Å². The van der Waals surface area contributed by atoms with Gasteiger partial charge in [0.05, 0.1) is 5.52 Å². The van der Waals surface area contributed by atoms with Gasteiger partial charge in [0.25, 0.3) is 0 Å². The molecule has 2 atom stereocenters. The maximum absolute atomic E-state index is 4.46. The molecular formula is C20H15N5. The van der Waals surface area contributed by atoms with Crippen molar-refractivity contribution in [1.29, 1.82) is 0 Å². The van der Waals surface area contributed by atoms with Crippen LogP contribution in [-0.2, 0) is 0 Å². The van der Waals surface area contributed by atoms with Crippen LogP contribution in [-0.4, -0.2) is 24.9 Å². The van der Waals surface area contributed by atoms with Crippen LogP contribution in [0.5, 0.6) is 0 Å². The largest absolute Gasteiger partial charge is 0.256 e. The molecule has 5 rings (SSSR count). The van der Waals surface area contributed by atoms with Gasteiger partial charge in [-0.05, 0) is 47.6 Å². The van der Waals surface area contributed by atoms with E-state index in [2.05, 4.69) is 49.2 Å². The standard InChI is InChI=1S/C20H15N5/c1-4-14(15-5-2-7-21-18(15)6-1)17-10-16(17)13-11-24-20(25-12-13)19-22-8-3-9-23-19/h1-9,11-12,16-17H,10H2. The van der Waals surface area contributed by atoms with Crippen molar-refractivity contribution in [2.24, 2.45) is 0 Å². The highest BCUT2D eigenvalue weighted by Crippen LogP contribution is 2.55. The van der Waals surface area contributed by atoms with Crippen LogP contribution in [0.4, 0.5) is 0 Å². The van der Waals surface area contributed by atoms with E-state index < -0.39 is 0 Å². The lowest BCUT2D eigenvalue weighted by atomic mass is 10.0. The van der Waals surface area contributed by atoms with Crippen LogP contribution < -0.4 is 0 Å². The molecule has 120 valence electrons. The molecule has 5 heteroatoms. The maximum Gasteiger partial charge on any atom is 0.197 e. The number of pyridine rings is 1. The average Bonchev–Trinajstić information content (AvgIpc) is 3.49. The number of benzene rings is 1. The zero-order valence-electron chi connectivity index (χ0n) is 13.4. The fourth-order valence-electron chi connectivity index (χ4n) is 3.42. The van der Waals surface area contributed by atoms with Crippen LogP contribution in [0.1, 0.15) is 29.4 Å². The van der Waals surface area contributed by atoms with Crippen LogP contribution in [0.15, 0.2) is 67.4 Å². The first-order valence-electron chi connectivity index (χ1n) is 8.33. The molecule has 0 amide bonds. The molecule has 3 heterocycles. The first-order valence-corrected chi connectivity index (χ1v) is 8.33. The van der Waals surface area contributed by atoms with Gasteiger partial charge in [-0.3, -0.25) is 4.98 Å². The van der Waals surface area contributed by atoms with Crippen molar-refractivity contribution in [1.82, 2.24) is 24.9 Å². The molecule has 0 bridgehead atoms. The number of nitrogens with zero attached hydrogens (tertiary/aromatic N) is 5. The van der Waals surface area contributed by atoms with Crippen LogP contribution >= 0.6 is 0 Å². The Morgan fingerprint density at radius 2 is 1.44 bits per heavy atom. The van der Waals surface area contributed by atoms with Gasteiger partial charge in [-0.2, -0.15) is 0 Å². The molecule has 1 aliphatic rings. The molecule has 4 aromatic rings. The molecule has 0 N–H and O–H groups in total. The Morgan fingerprint density at radius 3 is 2.28 bits per heavy atom. The van der Waals surface area contributed by atoms with E-state index in [1.54, 1.807) is 18.5 Å². The molecule has 0 radical (unpaired) electrons. The average molecular weight is 325 g/mol. The van der Waals surface area contributed by atoms with Crippen molar-refractivity contribution < 1.29 is 0 Å². The highest BCUT2D eigenvalue weighted by molar-refractivity contribution is 5.83. The zero-order valence-corrected chi connectivity index (χ0v) is 13.4. The third-order valence-corrected chi connectivity index (χ3v) is 4.74. The van der Waals surface area contributed by atoms with Crippen molar-refractivity contribution in [2.45, 2.75) is 18.3 Å². The Kier molecular flexibility index (Phi) is 3.23. The van der Waals surface area contributed by atoms with E-state index in [1.165, 1.54) is 16.5 Å². The van der Waals surface area contributed by atoms with Gasteiger partial charge in [-0.25, -0.2) is 19.9 Å². The van der Waals surface area contributed by atoms with Crippen molar-refractivity contribution in [2.75, 3.05) is 0 Å². The van der Waals surface area contributed by atoms with Gasteiger partial charge in [0, 0.05) is 36.4 Å². The molecule has 0 spiro atoms. The zero-order chi connectivity index (χ0) is 16.6. The molecule has 0 aliphatic heterocycles. The summed E-state index contributed by atoms with van der Waals surface area (Å²) in [7, 11) is 0. The van der Waals surface area contributed by atoms with Gasteiger partial charge in [-0.15, -0.1) is 0 Å². The van der Waals surface area contributed by atoms with Crippen molar-refractivity contribution in [3.8, 4) is 11.6 Å². The Morgan fingerprint density at radius 1 is 0.680 bits per heavy atom. The first kappa shape index (κ1) is 14.2. The molecule has 1 aromatic carbocycles. The second-order valence-electron chi connectivity index (χ2n) is 6.28. The summed E-state index contributed by atoms with van der Waals surface area (Å²) in [5.74, 6) is 2.10. The van der Waals surface area contributed by atoms with Gasteiger partial charge in [0.1, 0.15) is 0 Å². The van der Waals surface area contributed by atoms with Crippen molar-refractivity contribution in [3.63, 3.8) is 0 Å². The summed E-state index contributed by atoms with van der Waals surface area (Å²) in [4.78, 5) is 21.7. The van der Waals surface area contributed by atoms with Crippen LogP contribution in [0.2, 0.25) is 0 Å². The number of fused-ring (bicyclic) bond motifs is 1. The van der Waals surface area contributed by atoms with Crippen LogP contribution in [0.25, 0.3) is 22.6 Å². The van der Waals surface area contributed by atoms with E-state index >= 15 is 0 Å². The SMILES string of the molecule is c1cnc(-c2ncc(C3CC3c3cccc4ncccc34)cn2)nc1. The summed E-state index contributed by atoms with van der Waals surface area (Å²) in [5, 5.41) is 1.24. The lowest BCUT2D eigenvalue weighted by Crippen LogP contribution is -1.96. The minimum atomic E-state index is 0.469. The fourth-order valence-corrected chi connectivity index (χ4v) is 3.42. The van der Waals surface area contributed by atoms with Gasteiger partial charge in [-0.1, -0.05) is 18.2 Å². The van der Waals surface area contributed by atoms with Gasteiger partial charge in [0.2, 0.25) is 0 Å². The van der Waals surface area contributed by atoms with E-state index in [9.17, 15) is 0 Å². The quantitative estimate of drug-likeness (QED) is 0.574. The Labute approximate surface area is 144 Å². The molecule has 2 unspecified atom stereocenters. The second kappa shape index (κ2) is 5.70. The third kappa shape index (κ3) is 2.54. The van der Waals surface area contributed by atoms with Crippen LogP contribution in [0.3, 0.4) is 0 Å². The second-order valence-corrected chi connectivity index (χ2v) is 6.28. The number of aromatic nitrogens is 5. The highest BCUT2D eigenvalue weighted by atomic mass is 15.0.